The highest BCUT2D eigenvalue weighted by molar-refractivity contribution is 6.18. The van der Waals surface area contributed by atoms with E-state index in [9.17, 15) is 0 Å². The van der Waals surface area contributed by atoms with Crippen LogP contribution in [0.3, 0.4) is 0 Å². The van der Waals surface area contributed by atoms with Gasteiger partial charge in [0, 0.05) is 5.88 Å². The molecular weight excluding hydrogens is 192 g/mol. The van der Waals surface area contributed by atoms with Gasteiger partial charge < -0.3 is 0 Å². The molecule has 2 unspecified atom stereocenters. The average molecular weight is 207 g/mol. The number of benzene rings is 1. The maximum absolute atomic E-state index is 5.89. The maximum Gasteiger partial charge on any atom is 0.0257 e. The molecule has 2 aliphatic rings. The van der Waals surface area contributed by atoms with Gasteiger partial charge in [-0.1, -0.05) is 24.3 Å². The summed E-state index contributed by atoms with van der Waals surface area (Å²) in [6, 6.07) is 8.97. The number of hydrogen-bond acceptors (Lipinski definition) is 0. The van der Waals surface area contributed by atoms with Crippen molar-refractivity contribution in [1.82, 2.24) is 0 Å². The molecule has 0 aromatic heterocycles. The van der Waals surface area contributed by atoms with Crippen molar-refractivity contribution in [3.05, 3.63) is 35.4 Å². The minimum atomic E-state index is 0.761. The zero-order chi connectivity index (χ0) is 9.54. The van der Waals surface area contributed by atoms with Gasteiger partial charge in [0.15, 0.2) is 0 Å². The fraction of sp³-hybridized carbons (Fsp3) is 0.538. The Balaban J connectivity index is 1.89. The molecule has 0 N–H and O–H groups in total. The van der Waals surface area contributed by atoms with Gasteiger partial charge in [0.05, 0.1) is 0 Å². The van der Waals surface area contributed by atoms with Crippen LogP contribution in [-0.2, 0) is 0 Å². The molecule has 2 fully saturated rings. The quantitative estimate of drug-likeness (QED) is 0.658. The second kappa shape index (κ2) is 3.27. The Morgan fingerprint density at radius 2 is 1.86 bits per heavy atom. The summed E-state index contributed by atoms with van der Waals surface area (Å²) in [5, 5.41) is 0. The third-order valence-corrected chi connectivity index (χ3v) is 3.93. The van der Waals surface area contributed by atoms with Crippen LogP contribution in [-0.4, -0.2) is 5.88 Å². The number of hydrogen-bond donors (Lipinski definition) is 0. The molecule has 0 bridgehead atoms. The molecule has 74 valence electrons. The molecule has 0 heterocycles. The SMILES string of the molecule is ClCC1CC1c1ccccc1C1CC1. The molecule has 0 amide bonds. The molecule has 2 aliphatic carbocycles. The summed E-state index contributed by atoms with van der Waals surface area (Å²) < 4.78 is 0. The van der Waals surface area contributed by atoms with Crippen LogP contribution in [0, 0.1) is 5.92 Å². The molecule has 1 aromatic rings. The third-order valence-electron chi connectivity index (χ3n) is 3.53. The van der Waals surface area contributed by atoms with Crippen LogP contribution < -0.4 is 0 Å². The predicted molar refractivity (Wildman–Crippen MR) is 60.0 cm³/mol. The smallest absolute Gasteiger partial charge is 0.0257 e. The standard InChI is InChI=1S/C13H15Cl/c14-8-10-7-13(10)12-4-2-1-3-11(12)9-5-6-9/h1-4,9-10,13H,5-8H2. The number of halogens is 1. The zero-order valence-electron chi connectivity index (χ0n) is 8.25. The van der Waals surface area contributed by atoms with E-state index in [2.05, 4.69) is 24.3 Å². The van der Waals surface area contributed by atoms with Crippen molar-refractivity contribution in [3.8, 4) is 0 Å². The van der Waals surface area contributed by atoms with Crippen molar-refractivity contribution in [2.75, 3.05) is 5.88 Å². The van der Waals surface area contributed by atoms with E-state index in [0.717, 1.165) is 23.6 Å². The van der Waals surface area contributed by atoms with Crippen LogP contribution >= 0.6 is 11.6 Å². The Bertz CT molecular complexity index is 341. The monoisotopic (exact) mass is 206 g/mol. The molecule has 0 aliphatic heterocycles. The van der Waals surface area contributed by atoms with Gasteiger partial charge in [-0.05, 0) is 48.1 Å². The lowest BCUT2D eigenvalue weighted by molar-refractivity contribution is 0.904. The molecule has 2 saturated carbocycles. The van der Waals surface area contributed by atoms with Crippen molar-refractivity contribution >= 4 is 11.6 Å². The Labute approximate surface area is 90.3 Å². The molecule has 0 saturated heterocycles. The van der Waals surface area contributed by atoms with Gasteiger partial charge in [0.1, 0.15) is 0 Å². The Kier molecular flexibility index (Phi) is 2.05. The maximum atomic E-state index is 5.89. The van der Waals surface area contributed by atoms with Crippen LogP contribution in [0.5, 0.6) is 0 Å². The van der Waals surface area contributed by atoms with E-state index in [1.54, 1.807) is 11.1 Å². The summed E-state index contributed by atoms with van der Waals surface area (Å²) in [7, 11) is 0. The molecule has 1 aromatic carbocycles. The first-order chi connectivity index (χ1) is 6.90. The van der Waals surface area contributed by atoms with Crippen molar-refractivity contribution in [1.29, 1.82) is 0 Å². The minimum absolute atomic E-state index is 0.761. The van der Waals surface area contributed by atoms with Crippen LogP contribution in [0.15, 0.2) is 24.3 Å². The van der Waals surface area contributed by atoms with Crippen molar-refractivity contribution in [3.63, 3.8) is 0 Å². The van der Waals surface area contributed by atoms with Crippen molar-refractivity contribution in [2.45, 2.75) is 31.1 Å². The fourth-order valence-corrected chi connectivity index (χ4v) is 2.75. The van der Waals surface area contributed by atoms with Gasteiger partial charge in [-0.25, -0.2) is 0 Å². The van der Waals surface area contributed by atoms with Gasteiger partial charge in [-0.15, -0.1) is 11.6 Å². The first-order valence-electron chi connectivity index (χ1n) is 5.55. The van der Waals surface area contributed by atoms with Crippen LogP contribution in [0.4, 0.5) is 0 Å². The summed E-state index contributed by atoms with van der Waals surface area (Å²) in [6.45, 7) is 0. The van der Waals surface area contributed by atoms with E-state index < -0.39 is 0 Å². The molecule has 14 heavy (non-hydrogen) atoms. The summed E-state index contributed by atoms with van der Waals surface area (Å²) in [6.07, 6.45) is 4.11. The summed E-state index contributed by atoms with van der Waals surface area (Å²) in [4.78, 5) is 0. The second-order valence-electron chi connectivity index (χ2n) is 4.66. The van der Waals surface area contributed by atoms with Gasteiger partial charge in [0.2, 0.25) is 0 Å². The van der Waals surface area contributed by atoms with Crippen LogP contribution in [0.1, 0.15) is 42.2 Å². The Morgan fingerprint density at radius 3 is 2.43 bits per heavy atom. The molecular formula is C13H15Cl. The van der Waals surface area contributed by atoms with E-state index in [1.165, 1.54) is 19.3 Å². The minimum Gasteiger partial charge on any atom is -0.126 e. The molecule has 3 rings (SSSR count). The Hall–Kier alpha value is -0.490. The predicted octanol–water partition coefficient (Wildman–Crippen LogP) is 3.91. The molecule has 2 atom stereocenters. The van der Waals surface area contributed by atoms with Gasteiger partial charge >= 0.3 is 0 Å². The third kappa shape index (κ3) is 1.46. The van der Waals surface area contributed by atoms with E-state index in [0.29, 0.717) is 0 Å². The lowest BCUT2D eigenvalue weighted by atomic mass is 9.99. The summed E-state index contributed by atoms with van der Waals surface area (Å²) in [5.41, 5.74) is 3.21. The first kappa shape index (κ1) is 8.79. The highest BCUT2D eigenvalue weighted by Gasteiger charge is 2.40. The molecule has 0 radical (unpaired) electrons. The van der Waals surface area contributed by atoms with Gasteiger partial charge in [-0.3, -0.25) is 0 Å². The highest BCUT2D eigenvalue weighted by Crippen LogP contribution is 2.52. The van der Waals surface area contributed by atoms with Crippen molar-refractivity contribution < 1.29 is 0 Å². The summed E-state index contributed by atoms with van der Waals surface area (Å²) in [5.74, 6) is 3.26. The molecule has 0 nitrogen and oxygen atoms in total. The second-order valence-corrected chi connectivity index (χ2v) is 4.97. The average Bonchev–Trinajstić information content (AvgIpc) is 3.11. The highest BCUT2D eigenvalue weighted by atomic mass is 35.5. The lowest BCUT2D eigenvalue weighted by Crippen LogP contribution is -1.91. The van der Waals surface area contributed by atoms with E-state index in [-0.39, 0.29) is 0 Å². The van der Waals surface area contributed by atoms with E-state index in [1.807, 2.05) is 0 Å². The van der Waals surface area contributed by atoms with Crippen LogP contribution in [0.2, 0.25) is 0 Å². The van der Waals surface area contributed by atoms with Crippen LogP contribution in [0.25, 0.3) is 0 Å². The largest absolute Gasteiger partial charge is 0.126 e. The zero-order valence-corrected chi connectivity index (χ0v) is 9.00. The first-order valence-corrected chi connectivity index (χ1v) is 6.08. The lowest BCUT2D eigenvalue weighted by Gasteiger charge is -2.07. The van der Waals surface area contributed by atoms with Crippen molar-refractivity contribution in [2.24, 2.45) is 5.92 Å². The van der Waals surface area contributed by atoms with E-state index >= 15 is 0 Å². The number of alkyl halides is 1. The number of rotatable bonds is 3. The van der Waals surface area contributed by atoms with Gasteiger partial charge in [0.25, 0.3) is 0 Å². The normalized spacial score (nSPS) is 30.4. The van der Waals surface area contributed by atoms with Gasteiger partial charge in [-0.2, -0.15) is 0 Å². The fourth-order valence-electron chi connectivity index (χ4n) is 2.41. The molecule has 0 spiro atoms. The molecule has 1 heteroatoms. The van der Waals surface area contributed by atoms with E-state index in [4.69, 9.17) is 11.6 Å². The Morgan fingerprint density at radius 1 is 1.14 bits per heavy atom. The topological polar surface area (TPSA) is 0 Å². The summed E-state index contributed by atoms with van der Waals surface area (Å²) >= 11 is 5.89.